The molecular formula is C21H34IN3O2S. The predicted molar refractivity (Wildman–Crippen MR) is 127 cm³/mol. The van der Waals surface area contributed by atoms with Crippen LogP contribution < -0.4 is 5.32 Å². The van der Waals surface area contributed by atoms with Crippen molar-refractivity contribution in [1.82, 2.24) is 10.2 Å². The summed E-state index contributed by atoms with van der Waals surface area (Å²) in [7, 11) is -1.12. The van der Waals surface area contributed by atoms with Gasteiger partial charge in [-0.15, -0.1) is 24.0 Å². The van der Waals surface area contributed by atoms with Crippen LogP contribution >= 0.6 is 24.0 Å². The second-order valence-corrected chi connectivity index (χ2v) is 10.5. The molecule has 7 heteroatoms. The summed E-state index contributed by atoms with van der Waals surface area (Å²) >= 11 is 0. The average molecular weight is 519 g/mol. The number of halogens is 1. The van der Waals surface area contributed by atoms with Gasteiger partial charge in [0.25, 0.3) is 0 Å². The Kier molecular flexibility index (Phi) is 8.19. The van der Waals surface area contributed by atoms with Crippen molar-refractivity contribution in [2.45, 2.75) is 38.5 Å². The van der Waals surface area contributed by atoms with E-state index in [1.54, 1.807) is 0 Å². The number of likely N-dealkylation sites (tertiary alicyclic amines) is 1. The fourth-order valence-corrected chi connectivity index (χ4v) is 5.98. The van der Waals surface area contributed by atoms with Gasteiger partial charge in [-0.25, -0.2) is 8.42 Å². The van der Waals surface area contributed by atoms with E-state index in [1.165, 1.54) is 11.8 Å². The third-order valence-electron chi connectivity index (χ3n) is 6.14. The highest BCUT2D eigenvalue weighted by molar-refractivity contribution is 14.0. The van der Waals surface area contributed by atoms with Gasteiger partial charge in [-0.3, -0.25) is 4.99 Å². The molecule has 1 saturated heterocycles. The van der Waals surface area contributed by atoms with Crippen LogP contribution in [0.1, 0.15) is 44.1 Å². The first-order valence-electron chi connectivity index (χ1n) is 10.0. The molecule has 5 nitrogen and oxygen atoms in total. The molecule has 1 aliphatic heterocycles. The third kappa shape index (κ3) is 6.08. The summed E-state index contributed by atoms with van der Waals surface area (Å²) in [5.41, 5.74) is 1.35. The minimum Gasteiger partial charge on any atom is -0.356 e. The maximum atomic E-state index is 11.7. The highest BCUT2D eigenvalue weighted by Crippen LogP contribution is 2.46. The van der Waals surface area contributed by atoms with Crippen molar-refractivity contribution in [1.29, 1.82) is 0 Å². The molecule has 0 spiro atoms. The number of guanidine groups is 1. The minimum absolute atomic E-state index is 0. The minimum atomic E-state index is -2.94. The molecular weight excluding hydrogens is 485 g/mol. The Morgan fingerprint density at radius 3 is 2.50 bits per heavy atom. The molecule has 1 N–H and O–H groups in total. The Hall–Kier alpha value is -0.830. The summed E-state index contributed by atoms with van der Waals surface area (Å²) in [6.45, 7) is 4.94. The topological polar surface area (TPSA) is 61.8 Å². The first kappa shape index (κ1) is 23.4. The Morgan fingerprint density at radius 2 is 1.96 bits per heavy atom. The summed E-state index contributed by atoms with van der Waals surface area (Å²) in [5.74, 6) is 2.40. The lowest BCUT2D eigenvalue weighted by atomic mass is 9.79. The molecule has 158 valence electrons. The van der Waals surface area contributed by atoms with E-state index < -0.39 is 9.84 Å². The maximum Gasteiger partial charge on any atom is 0.193 e. The van der Waals surface area contributed by atoms with Gasteiger partial charge >= 0.3 is 0 Å². The number of nitrogens with one attached hydrogen (secondary N) is 1. The van der Waals surface area contributed by atoms with Crippen LogP contribution in [0.2, 0.25) is 0 Å². The maximum absolute atomic E-state index is 11.7. The molecule has 2 fully saturated rings. The van der Waals surface area contributed by atoms with Crippen LogP contribution in [0.25, 0.3) is 0 Å². The van der Waals surface area contributed by atoms with Gasteiger partial charge in [0.1, 0.15) is 9.84 Å². The molecule has 0 radical (unpaired) electrons. The fourth-order valence-electron chi connectivity index (χ4n) is 4.48. The molecule has 1 aliphatic carbocycles. The average Bonchev–Trinajstić information content (AvgIpc) is 3.40. The number of hydrogen-bond acceptors (Lipinski definition) is 3. The van der Waals surface area contributed by atoms with E-state index in [0.717, 1.165) is 44.7 Å². The SMILES string of the molecule is CCC1CN(C(=NC)NCC2(CS(C)(=O)=O)CC2)CCC1c1ccccc1.I. The van der Waals surface area contributed by atoms with Crippen molar-refractivity contribution in [3.8, 4) is 0 Å². The molecule has 1 aromatic rings. The number of piperidine rings is 1. The normalized spacial score (nSPS) is 24.4. The van der Waals surface area contributed by atoms with Crippen LogP contribution in [0, 0.1) is 11.3 Å². The van der Waals surface area contributed by atoms with E-state index in [1.807, 2.05) is 7.05 Å². The quantitative estimate of drug-likeness (QED) is 0.355. The fraction of sp³-hybridized carbons (Fsp3) is 0.667. The second kappa shape index (κ2) is 9.78. The highest BCUT2D eigenvalue weighted by atomic mass is 127. The van der Waals surface area contributed by atoms with E-state index in [4.69, 9.17) is 0 Å². The van der Waals surface area contributed by atoms with Crippen LogP contribution in [-0.4, -0.2) is 58.0 Å². The Balaban J connectivity index is 0.00000280. The zero-order valence-electron chi connectivity index (χ0n) is 17.2. The lowest BCUT2D eigenvalue weighted by molar-refractivity contribution is 0.215. The molecule has 2 aliphatic rings. The first-order chi connectivity index (χ1) is 12.9. The lowest BCUT2D eigenvalue weighted by Gasteiger charge is -2.40. The zero-order chi connectivity index (χ0) is 19.5. The van der Waals surface area contributed by atoms with E-state index in [2.05, 4.69) is 52.5 Å². The predicted octanol–water partition coefficient (Wildman–Crippen LogP) is 3.52. The van der Waals surface area contributed by atoms with Gasteiger partial charge < -0.3 is 10.2 Å². The van der Waals surface area contributed by atoms with Crippen molar-refractivity contribution in [2.75, 3.05) is 38.7 Å². The molecule has 28 heavy (non-hydrogen) atoms. The van der Waals surface area contributed by atoms with Crippen molar-refractivity contribution in [2.24, 2.45) is 16.3 Å². The van der Waals surface area contributed by atoms with E-state index in [9.17, 15) is 8.42 Å². The van der Waals surface area contributed by atoms with Gasteiger partial charge in [-0.1, -0.05) is 43.7 Å². The number of nitrogens with zero attached hydrogens (tertiary/aromatic N) is 2. The van der Waals surface area contributed by atoms with Gasteiger partial charge in [-0.05, 0) is 36.7 Å². The van der Waals surface area contributed by atoms with Crippen molar-refractivity contribution in [3.63, 3.8) is 0 Å². The van der Waals surface area contributed by atoms with Gasteiger partial charge in [0.15, 0.2) is 5.96 Å². The Morgan fingerprint density at radius 1 is 1.29 bits per heavy atom. The lowest BCUT2D eigenvalue weighted by Crippen LogP contribution is -2.49. The van der Waals surface area contributed by atoms with Crippen LogP contribution in [0.4, 0.5) is 0 Å². The number of sulfone groups is 1. The van der Waals surface area contributed by atoms with Gasteiger partial charge in [0.2, 0.25) is 0 Å². The van der Waals surface area contributed by atoms with E-state index in [0.29, 0.717) is 18.4 Å². The van der Waals surface area contributed by atoms with Gasteiger partial charge in [0.05, 0.1) is 5.75 Å². The molecule has 1 heterocycles. The summed E-state index contributed by atoms with van der Waals surface area (Å²) in [5, 5.41) is 3.48. The molecule has 1 saturated carbocycles. The smallest absolute Gasteiger partial charge is 0.193 e. The van der Waals surface area contributed by atoms with Crippen LogP contribution in [0.5, 0.6) is 0 Å². The number of rotatable bonds is 6. The zero-order valence-corrected chi connectivity index (χ0v) is 20.4. The molecule has 0 aromatic heterocycles. The van der Waals surface area contributed by atoms with Crippen molar-refractivity contribution >= 4 is 39.8 Å². The van der Waals surface area contributed by atoms with Gasteiger partial charge in [0, 0.05) is 38.4 Å². The standard InChI is InChI=1S/C21H33N3O2S.HI/c1-4-17-14-24(13-10-19(17)18-8-6-5-7-9-18)20(22-2)23-15-21(11-12-21)16-27(3,25)26;/h5-9,17,19H,4,10-16H2,1-3H3,(H,22,23);1H. The van der Waals surface area contributed by atoms with Crippen molar-refractivity contribution in [3.05, 3.63) is 35.9 Å². The van der Waals surface area contributed by atoms with Crippen molar-refractivity contribution < 1.29 is 8.42 Å². The second-order valence-electron chi connectivity index (χ2n) is 8.39. The Bertz CT molecular complexity index is 763. The summed E-state index contributed by atoms with van der Waals surface area (Å²) in [6, 6.07) is 10.8. The van der Waals surface area contributed by atoms with E-state index >= 15 is 0 Å². The number of aliphatic imine (C=N–C) groups is 1. The summed E-state index contributed by atoms with van der Waals surface area (Å²) in [4.78, 5) is 6.84. The largest absolute Gasteiger partial charge is 0.356 e. The van der Waals surface area contributed by atoms with Crippen LogP contribution in [0.3, 0.4) is 0 Å². The third-order valence-corrected chi connectivity index (χ3v) is 7.28. The monoisotopic (exact) mass is 519 g/mol. The molecule has 0 bridgehead atoms. The number of benzene rings is 1. The molecule has 1 aromatic carbocycles. The molecule has 2 unspecified atom stereocenters. The summed E-state index contributed by atoms with van der Waals surface area (Å²) < 4.78 is 23.4. The highest BCUT2D eigenvalue weighted by Gasteiger charge is 2.45. The Labute approximate surface area is 187 Å². The van der Waals surface area contributed by atoms with Crippen LogP contribution in [-0.2, 0) is 9.84 Å². The summed E-state index contributed by atoms with van der Waals surface area (Å²) in [6.07, 6.45) is 5.57. The van der Waals surface area contributed by atoms with Crippen LogP contribution in [0.15, 0.2) is 35.3 Å². The molecule has 0 amide bonds. The molecule has 2 atom stereocenters. The van der Waals surface area contributed by atoms with Gasteiger partial charge in [-0.2, -0.15) is 0 Å². The molecule has 3 rings (SSSR count). The number of hydrogen-bond donors (Lipinski definition) is 1. The van der Waals surface area contributed by atoms with E-state index in [-0.39, 0.29) is 35.1 Å². The first-order valence-corrected chi connectivity index (χ1v) is 12.1.